The predicted octanol–water partition coefficient (Wildman–Crippen LogP) is 3.32. The molecule has 0 spiro atoms. The SMILES string of the molecule is C[CH2][Al]([CH2]C)[CH2]C(Cl)Cl. The Balaban J connectivity index is 3.31. The molecule has 0 aliphatic rings. The van der Waals surface area contributed by atoms with Gasteiger partial charge in [0.15, 0.2) is 0 Å². The molecule has 0 rings (SSSR count). The van der Waals surface area contributed by atoms with E-state index in [2.05, 4.69) is 13.8 Å². The number of hydrogen-bond acceptors (Lipinski definition) is 0. The smallest absolute Gasteiger partial charge is 0.107 e. The van der Waals surface area contributed by atoms with Crippen LogP contribution in [-0.2, 0) is 0 Å². The van der Waals surface area contributed by atoms with Gasteiger partial charge in [-0.1, -0.05) is 29.7 Å². The molecule has 0 radical (unpaired) electrons. The minimum atomic E-state index is -0.514. The van der Waals surface area contributed by atoms with Crippen molar-refractivity contribution in [3.8, 4) is 0 Å². The molecule has 0 aromatic rings. The van der Waals surface area contributed by atoms with Gasteiger partial charge in [0.2, 0.25) is 0 Å². The lowest BCUT2D eigenvalue weighted by Gasteiger charge is -2.05. The molecule has 0 bridgehead atoms. The Hall–Kier alpha value is 1.11. The first-order valence-electron chi connectivity index (χ1n) is 3.48. The van der Waals surface area contributed by atoms with E-state index in [0.717, 1.165) is 5.28 Å². The van der Waals surface area contributed by atoms with Gasteiger partial charge in [-0.2, -0.15) is 0 Å². The highest BCUT2D eigenvalue weighted by molar-refractivity contribution is 6.62. The Bertz CT molecular complexity index is 62.1. The van der Waals surface area contributed by atoms with Gasteiger partial charge in [-0.05, 0) is 0 Å². The summed E-state index contributed by atoms with van der Waals surface area (Å²) in [4.78, 5) is -0.110. The van der Waals surface area contributed by atoms with Crippen LogP contribution in [0.4, 0.5) is 0 Å². The monoisotopic (exact) mass is 182 g/mol. The minimum absolute atomic E-state index is 0.110. The maximum Gasteiger partial charge on any atom is 0.265 e. The Labute approximate surface area is 71.9 Å². The number of alkyl halides is 2. The van der Waals surface area contributed by atoms with Gasteiger partial charge in [0, 0.05) is 0 Å². The van der Waals surface area contributed by atoms with E-state index in [0.29, 0.717) is 0 Å². The first-order chi connectivity index (χ1) is 4.20. The molecule has 0 saturated carbocycles. The summed E-state index contributed by atoms with van der Waals surface area (Å²) >= 11 is 10.7. The van der Waals surface area contributed by atoms with Gasteiger partial charge in [-0.25, -0.2) is 0 Å². The van der Waals surface area contributed by atoms with Gasteiger partial charge in [-0.3, -0.25) is 0 Å². The second-order valence-electron chi connectivity index (χ2n) is 2.31. The fourth-order valence-corrected chi connectivity index (χ4v) is 4.13. The van der Waals surface area contributed by atoms with Crippen molar-refractivity contribution in [2.75, 3.05) is 0 Å². The molecule has 0 aromatic carbocycles. The predicted molar refractivity (Wildman–Crippen MR) is 47.0 cm³/mol. The molecule has 3 heteroatoms. The quantitative estimate of drug-likeness (QED) is 0.463. The van der Waals surface area contributed by atoms with Crippen LogP contribution in [-0.4, -0.2) is 19.0 Å². The van der Waals surface area contributed by atoms with Gasteiger partial charge >= 0.3 is 0 Å². The average Bonchev–Trinajstić information content (AvgIpc) is 1.82. The molecule has 0 heterocycles. The van der Waals surface area contributed by atoms with E-state index in [4.69, 9.17) is 23.2 Å². The Morgan fingerprint density at radius 3 is 1.78 bits per heavy atom. The molecular weight excluding hydrogens is 170 g/mol. The third kappa shape index (κ3) is 5.55. The first-order valence-corrected chi connectivity index (χ1v) is 6.81. The highest BCUT2D eigenvalue weighted by atomic mass is 35.5. The summed E-state index contributed by atoms with van der Waals surface area (Å²) in [6.45, 7) is 4.47. The highest BCUT2D eigenvalue weighted by Gasteiger charge is 2.14. The van der Waals surface area contributed by atoms with Crippen LogP contribution in [0.5, 0.6) is 0 Å². The Morgan fingerprint density at radius 1 is 1.22 bits per heavy atom. The van der Waals surface area contributed by atoms with E-state index >= 15 is 0 Å². The molecule has 0 N–H and O–H groups in total. The lowest BCUT2D eigenvalue weighted by atomic mass is 10.9. The zero-order valence-electron chi connectivity index (χ0n) is 6.03. The maximum atomic E-state index is 5.63. The molecule has 0 unspecified atom stereocenters. The van der Waals surface area contributed by atoms with Crippen molar-refractivity contribution in [2.45, 2.75) is 34.5 Å². The summed E-state index contributed by atoms with van der Waals surface area (Å²) in [5.74, 6) is 0. The van der Waals surface area contributed by atoms with Crippen molar-refractivity contribution in [1.82, 2.24) is 0 Å². The van der Waals surface area contributed by atoms with Crippen molar-refractivity contribution in [3.63, 3.8) is 0 Å². The van der Waals surface area contributed by atoms with E-state index in [1.165, 1.54) is 10.6 Å². The number of halogens is 2. The van der Waals surface area contributed by atoms with Crippen LogP contribution in [0.15, 0.2) is 0 Å². The third-order valence-electron chi connectivity index (χ3n) is 1.67. The summed E-state index contributed by atoms with van der Waals surface area (Å²) in [6, 6.07) is 0. The fourth-order valence-electron chi connectivity index (χ4n) is 0.874. The van der Waals surface area contributed by atoms with Gasteiger partial charge in [-0.15, -0.1) is 23.2 Å². The fraction of sp³-hybridized carbons (Fsp3) is 1.00. The van der Waals surface area contributed by atoms with Crippen LogP contribution >= 0.6 is 23.2 Å². The highest BCUT2D eigenvalue weighted by Crippen LogP contribution is 2.15. The van der Waals surface area contributed by atoms with Crippen LogP contribution < -0.4 is 0 Å². The largest absolute Gasteiger partial charge is 0.265 e. The minimum Gasteiger partial charge on any atom is -0.107 e. The second-order valence-corrected chi connectivity index (χ2v) is 7.42. The standard InChI is InChI=1S/C2H3Cl2.2C2H5.Al/c1-2(3)4;2*1-2;/h2H,1H2;2*1H2,2H3;. The molecule has 54 valence electrons. The van der Waals surface area contributed by atoms with E-state index in [1.54, 1.807) is 0 Å². The Morgan fingerprint density at radius 2 is 1.67 bits per heavy atom. The van der Waals surface area contributed by atoms with Crippen LogP contribution in [0.3, 0.4) is 0 Å². The molecular formula is C6H13AlCl2. The zero-order valence-corrected chi connectivity index (χ0v) is 8.70. The van der Waals surface area contributed by atoms with Crippen molar-refractivity contribution < 1.29 is 0 Å². The molecule has 0 atom stereocenters. The van der Waals surface area contributed by atoms with Gasteiger partial charge < -0.3 is 0 Å². The van der Waals surface area contributed by atoms with Gasteiger partial charge in [0.05, 0.1) is 4.84 Å². The van der Waals surface area contributed by atoms with Crippen LogP contribution in [0.1, 0.15) is 13.8 Å². The number of rotatable bonds is 4. The summed E-state index contributed by atoms with van der Waals surface area (Å²) in [5.41, 5.74) is 0. The molecule has 0 amide bonds. The lowest BCUT2D eigenvalue weighted by molar-refractivity contribution is 1.21. The van der Waals surface area contributed by atoms with E-state index in [9.17, 15) is 0 Å². The molecule has 0 aliphatic carbocycles. The summed E-state index contributed by atoms with van der Waals surface area (Å²) in [7, 11) is 0. The topological polar surface area (TPSA) is 0 Å². The lowest BCUT2D eigenvalue weighted by Crippen LogP contribution is -2.11. The average molecular weight is 183 g/mol. The van der Waals surface area contributed by atoms with Crippen molar-refractivity contribution >= 4 is 37.4 Å². The molecule has 0 aromatic heterocycles. The van der Waals surface area contributed by atoms with E-state index in [1.807, 2.05) is 0 Å². The summed E-state index contributed by atoms with van der Waals surface area (Å²) in [6.07, 6.45) is 0. The van der Waals surface area contributed by atoms with E-state index < -0.39 is 14.1 Å². The van der Waals surface area contributed by atoms with Gasteiger partial charge in [0.1, 0.15) is 0 Å². The third-order valence-corrected chi connectivity index (χ3v) is 6.07. The second kappa shape index (κ2) is 5.86. The maximum absolute atomic E-state index is 5.63. The van der Waals surface area contributed by atoms with E-state index in [-0.39, 0.29) is 4.84 Å². The van der Waals surface area contributed by atoms with Crippen molar-refractivity contribution in [2.24, 2.45) is 0 Å². The first kappa shape index (κ1) is 10.1. The molecule has 0 nitrogen and oxygen atoms in total. The normalized spacial score (nSPS) is 10.3. The molecule has 9 heavy (non-hydrogen) atoms. The Kier molecular flexibility index (Phi) is 6.59. The molecule has 0 saturated heterocycles. The summed E-state index contributed by atoms with van der Waals surface area (Å²) in [5, 5.41) is 3.73. The number of hydrogen-bond donors (Lipinski definition) is 0. The van der Waals surface area contributed by atoms with Crippen molar-refractivity contribution in [1.29, 1.82) is 0 Å². The van der Waals surface area contributed by atoms with Crippen LogP contribution in [0.2, 0.25) is 15.8 Å². The van der Waals surface area contributed by atoms with Crippen molar-refractivity contribution in [3.05, 3.63) is 0 Å². The summed E-state index contributed by atoms with van der Waals surface area (Å²) < 4.78 is 0. The van der Waals surface area contributed by atoms with Crippen LogP contribution in [0.25, 0.3) is 0 Å². The molecule has 0 fully saturated rings. The molecule has 0 aliphatic heterocycles. The van der Waals surface area contributed by atoms with Gasteiger partial charge in [0.25, 0.3) is 14.1 Å². The van der Waals surface area contributed by atoms with Crippen LogP contribution in [0, 0.1) is 0 Å². The zero-order chi connectivity index (χ0) is 7.28.